The van der Waals surface area contributed by atoms with Gasteiger partial charge in [0.15, 0.2) is 0 Å². The molecule has 0 heterocycles. The van der Waals surface area contributed by atoms with E-state index >= 15 is 0 Å². The van der Waals surface area contributed by atoms with Crippen LogP contribution in [-0.4, -0.2) is 55.2 Å². The number of ether oxygens (including phenoxy) is 1. The van der Waals surface area contributed by atoms with Crippen LogP contribution in [0, 0.1) is 0 Å². The molecule has 0 spiro atoms. The molecule has 0 unspecified atom stereocenters. The highest BCUT2D eigenvalue weighted by molar-refractivity contribution is 5.90. The van der Waals surface area contributed by atoms with E-state index in [1.54, 1.807) is 20.8 Å². The summed E-state index contributed by atoms with van der Waals surface area (Å²) in [5, 5.41) is 5.61. The summed E-state index contributed by atoms with van der Waals surface area (Å²) in [7, 11) is 3.90. The third-order valence-corrected chi connectivity index (χ3v) is 3.23. The van der Waals surface area contributed by atoms with Crippen molar-refractivity contribution in [1.29, 1.82) is 0 Å². The molecule has 0 atom stereocenters. The first-order valence-electron chi connectivity index (χ1n) is 7.09. The van der Waals surface area contributed by atoms with Crippen LogP contribution < -0.4 is 10.6 Å². The molecule has 1 aliphatic rings. The third-order valence-electron chi connectivity index (χ3n) is 3.23. The van der Waals surface area contributed by atoms with Crippen LogP contribution in [0.25, 0.3) is 0 Å². The van der Waals surface area contributed by atoms with Crippen molar-refractivity contribution < 1.29 is 14.3 Å². The lowest BCUT2D eigenvalue weighted by molar-refractivity contribution is -0.131. The van der Waals surface area contributed by atoms with E-state index in [2.05, 4.69) is 10.6 Å². The molecule has 0 radical (unpaired) electrons. The van der Waals surface area contributed by atoms with E-state index in [4.69, 9.17) is 4.74 Å². The van der Waals surface area contributed by atoms with Gasteiger partial charge in [-0.2, -0.15) is 0 Å². The lowest BCUT2D eigenvalue weighted by Gasteiger charge is -2.40. The van der Waals surface area contributed by atoms with Gasteiger partial charge in [0.25, 0.3) is 0 Å². The Hall–Kier alpha value is -1.30. The van der Waals surface area contributed by atoms with Crippen LogP contribution in [0.1, 0.15) is 40.0 Å². The number of carbonyl (C=O) groups excluding carboxylic acids is 2. The lowest BCUT2D eigenvalue weighted by atomic mass is 9.76. The molecule has 116 valence electrons. The average Bonchev–Trinajstić information content (AvgIpc) is 2.20. The van der Waals surface area contributed by atoms with Crippen LogP contribution in [0.5, 0.6) is 0 Å². The maximum atomic E-state index is 12.2. The fourth-order valence-corrected chi connectivity index (χ4v) is 2.00. The first-order valence-corrected chi connectivity index (χ1v) is 7.09. The molecule has 2 N–H and O–H groups in total. The molecule has 1 saturated carbocycles. The molecule has 2 amide bonds. The maximum absolute atomic E-state index is 12.2. The zero-order valence-electron chi connectivity index (χ0n) is 13.2. The predicted molar refractivity (Wildman–Crippen MR) is 77.5 cm³/mol. The summed E-state index contributed by atoms with van der Waals surface area (Å²) in [5.41, 5.74) is -1.34. The minimum atomic E-state index is -0.783. The van der Waals surface area contributed by atoms with Crippen molar-refractivity contribution in [2.75, 3.05) is 27.2 Å². The van der Waals surface area contributed by atoms with Gasteiger partial charge in [0.05, 0.1) is 0 Å². The Morgan fingerprint density at radius 2 is 1.85 bits per heavy atom. The summed E-state index contributed by atoms with van der Waals surface area (Å²) < 4.78 is 5.22. The first kappa shape index (κ1) is 16.8. The second-order valence-electron chi connectivity index (χ2n) is 6.62. The highest BCUT2D eigenvalue weighted by Gasteiger charge is 2.46. The highest BCUT2D eigenvalue weighted by atomic mass is 16.6. The first-order chi connectivity index (χ1) is 9.15. The summed E-state index contributed by atoms with van der Waals surface area (Å²) in [6, 6.07) is 0. The molecule has 6 nitrogen and oxygen atoms in total. The Balaban J connectivity index is 2.50. The van der Waals surface area contributed by atoms with E-state index in [1.807, 2.05) is 19.0 Å². The monoisotopic (exact) mass is 285 g/mol. The van der Waals surface area contributed by atoms with E-state index in [-0.39, 0.29) is 5.91 Å². The Labute approximate surface area is 121 Å². The van der Waals surface area contributed by atoms with Gasteiger partial charge in [-0.1, -0.05) is 0 Å². The Kier molecular flexibility index (Phi) is 5.39. The van der Waals surface area contributed by atoms with Crippen molar-refractivity contribution in [2.45, 2.75) is 51.2 Å². The van der Waals surface area contributed by atoms with E-state index < -0.39 is 17.2 Å². The lowest BCUT2D eigenvalue weighted by Crippen LogP contribution is -2.63. The molecule has 1 rings (SSSR count). The fraction of sp³-hybridized carbons (Fsp3) is 0.857. The van der Waals surface area contributed by atoms with Crippen molar-refractivity contribution >= 4 is 12.0 Å². The van der Waals surface area contributed by atoms with E-state index in [1.165, 1.54) is 0 Å². The molecular formula is C14H27N3O3. The van der Waals surface area contributed by atoms with Crippen molar-refractivity contribution in [3.63, 3.8) is 0 Å². The maximum Gasteiger partial charge on any atom is 0.408 e. The normalized spacial score (nSPS) is 17.3. The van der Waals surface area contributed by atoms with Crippen LogP contribution in [0.2, 0.25) is 0 Å². The van der Waals surface area contributed by atoms with Crippen LogP contribution in [0.3, 0.4) is 0 Å². The summed E-state index contributed by atoms with van der Waals surface area (Å²) in [5.74, 6) is -0.114. The van der Waals surface area contributed by atoms with Crippen molar-refractivity contribution in [1.82, 2.24) is 15.5 Å². The van der Waals surface area contributed by atoms with Gasteiger partial charge in [0.1, 0.15) is 11.1 Å². The number of alkyl carbamates (subject to hydrolysis) is 1. The number of hydrogen-bond donors (Lipinski definition) is 2. The zero-order valence-corrected chi connectivity index (χ0v) is 13.2. The molecule has 0 aliphatic heterocycles. The second-order valence-corrected chi connectivity index (χ2v) is 6.62. The van der Waals surface area contributed by atoms with Gasteiger partial charge in [0, 0.05) is 13.1 Å². The quantitative estimate of drug-likeness (QED) is 0.794. The summed E-state index contributed by atoms with van der Waals surface area (Å²) in [6.45, 7) is 6.75. The van der Waals surface area contributed by atoms with Gasteiger partial charge >= 0.3 is 6.09 Å². The van der Waals surface area contributed by atoms with Crippen molar-refractivity contribution in [2.24, 2.45) is 0 Å². The van der Waals surface area contributed by atoms with E-state index in [0.717, 1.165) is 13.0 Å². The zero-order chi connectivity index (χ0) is 15.4. The minimum absolute atomic E-state index is 0.114. The molecule has 0 bridgehead atoms. The number of carbonyl (C=O) groups is 2. The fourth-order valence-electron chi connectivity index (χ4n) is 2.00. The summed E-state index contributed by atoms with van der Waals surface area (Å²) in [4.78, 5) is 26.1. The van der Waals surface area contributed by atoms with Gasteiger partial charge in [-0.3, -0.25) is 4.79 Å². The molecule has 20 heavy (non-hydrogen) atoms. The Morgan fingerprint density at radius 3 is 2.25 bits per heavy atom. The molecule has 0 saturated heterocycles. The number of nitrogens with zero attached hydrogens (tertiary/aromatic N) is 1. The molecule has 1 aliphatic carbocycles. The molecule has 0 aromatic heterocycles. The largest absolute Gasteiger partial charge is 0.444 e. The van der Waals surface area contributed by atoms with Crippen LogP contribution >= 0.6 is 0 Å². The SMILES string of the molecule is CN(C)CCNC(=O)C1(NC(=O)OC(C)(C)C)CCC1. The van der Waals surface area contributed by atoms with Gasteiger partial charge in [-0.05, 0) is 54.1 Å². The van der Waals surface area contributed by atoms with E-state index in [0.29, 0.717) is 19.4 Å². The number of likely N-dealkylation sites (N-methyl/N-ethyl adjacent to an activating group) is 1. The smallest absolute Gasteiger partial charge is 0.408 e. The van der Waals surface area contributed by atoms with E-state index in [9.17, 15) is 9.59 Å². The molecule has 0 aromatic rings. The average molecular weight is 285 g/mol. The standard InChI is InChI=1S/C14H27N3O3/c1-13(2,3)20-12(19)16-14(7-6-8-14)11(18)15-9-10-17(4)5/h6-10H2,1-5H3,(H,15,18)(H,16,19). The van der Waals surface area contributed by atoms with Crippen LogP contribution in [0.15, 0.2) is 0 Å². The highest BCUT2D eigenvalue weighted by Crippen LogP contribution is 2.32. The minimum Gasteiger partial charge on any atom is -0.444 e. The van der Waals surface area contributed by atoms with Crippen molar-refractivity contribution in [3.05, 3.63) is 0 Å². The van der Waals surface area contributed by atoms with Gasteiger partial charge < -0.3 is 20.3 Å². The number of amides is 2. The van der Waals surface area contributed by atoms with Crippen LogP contribution in [-0.2, 0) is 9.53 Å². The molecule has 0 aromatic carbocycles. The second kappa shape index (κ2) is 6.43. The molecule has 1 fully saturated rings. The van der Waals surface area contributed by atoms with Gasteiger partial charge in [-0.15, -0.1) is 0 Å². The molecule has 6 heteroatoms. The third kappa shape index (κ3) is 5.00. The van der Waals surface area contributed by atoms with Gasteiger partial charge in [0.2, 0.25) is 5.91 Å². The number of hydrogen-bond acceptors (Lipinski definition) is 4. The Morgan fingerprint density at radius 1 is 1.25 bits per heavy atom. The van der Waals surface area contributed by atoms with Gasteiger partial charge in [-0.25, -0.2) is 4.79 Å². The topological polar surface area (TPSA) is 70.7 Å². The predicted octanol–water partition coefficient (Wildman–Crippen LogP) is 1.11. The Bertz CT molecular complexity index is 357. The summed E-state index contributed by atoms with van der Waals surface area (Å²) in [6.07, 6.45) is 1.75. The van der Waals surface area contributed by atoms with Crippen LogP contribution in [0.4, 0.5) is 4.79 Å². The number of rotatable bonds is 5. The number of nitrogens with one attached hydrogen (secondary N) is 2. The summed E-state index contributed by atoms with van der Waals surface area (Å²) >= 11 is 0. The van der Waals surface area contributed by atoms with Crippen molar-refractivity contribution in [3.8, 4) is 0 Å². The molecular weight excluding hydrogens is 258 g/mol.